The number of amides is 1. The lowest BCUT2D eigenvalue weighted by Crippen LogP contribution is -2.30. The Morgan fingerprint density at radius 1 is 1.55 bits per heavy atom. The Morgan fingerprint density at radius 2 is 2.36 bits per heavy atom. The lowest BCUT2D eigenvalue weighted by atomic mass is 10.0. The zero-order chi connectivity index (χ0) is 7.84. The Hall–Kier alpha value is -1.51. The number of nitrogens with two attached hydrogens (primary N) is 1. The number of nitrogen functional groups attached to an aromatic ring is 1. The van der Waals surface area contributed by atoms with Crippen LogP contribution in [0, 0.1) is 0 Å². The van der Waals surface area contributed by atoms with Crippen molar-refractivity contribution in [3.8, 4) is 0 Å². The summed E-state index contributed by atoms with van der Waals surface area (Å²) in [5.74, 6) is 0. The Bertz CT molecular complexity index is 309. The van der Waals surface area contributed by atoms with E-state index in [4.69, 9.17) is 5.73 Å². The molecule has 0 bridgehead atoms. The molecular formula is C8H8N2O. The smallest absolute Gasteiger partial charge is 0.214 e. The van der Waals surface area contributed by atoms with Crippen LogP contribution in [0.15, 0.2) is 18.2 Å². The second-order valence-corrected chi connectivity index (χ2v) is 2.62. The minimum absolute atomic E-state index is 0.704. The van der Waals surface area contributed by atoms with E-state index in [0.29, 0.717) is 5.69 Å². The van der Waals surface area contributed by atoms with E-state index in [1.54, 1.807) is 4.90 Å². The molecule has 0 saturated heterocycles. The van der Waals surface area contributed by atoms with Gasteiger partial charge in [0.05, 0.1) is 12.2 Å². The average Bonchev–Trinajstić information content (AvgIpc) is 1.97. The molecule has 1 aliphatic heterocycles. The summed E-state index contributed by atoms with van der Waals surface area (Å²) in [5, 5.41) is 0. The molecule has 1 aliphatic rings. The molecule has 0 unspecified atom stereocenters. The number of hydrogen-bond acceptors (Lipinski definition) is 2. The molecule has 11 heavy (non-hydrogen) atoms. The van der Waals surface area contributed by atoms with Crippen molar-refractivity contribution in [2.75, 3.05) is 10.6 Å². The van der Waals surface area contributed by atoms with Gasteiger partial charge in [0.2, 0.25) is 6.41 Å². The summed E-state index contributed by atoms with van der Waals surface area (Å²) in [4.78, 5) is 12.0. The summed E-state index contributed by atoms with van der Waals surface area (Å²) in [7, 11) is 0. The van der Waals surface area contributed by atoms with Gasteiger partial charge in [-0.25, -0.2) is 0 Å². The fraction of sp³-hybridized carbons (Fsp3) is 0.125. The topological polar surface area (TPSA) is 46.3 Å². The van der Waals surface area contributed by atoms with Crippen LogP contribution >= 0.6 is 0 Å². The zero-order valence-corrected chi connectivity index (χ0v) is 5.95. The number of benzene rings is 1. The van der Waals surface area contributed by atoms with Crippen molar-refractivity contribution in [2.45, 2.75) is 6.54 Å². The van der Waals surface area contributed by atoms with Crippen molar-refractivity contribution in [2.24, 2.45) is 0 Å². The highest BCUT2D eigenvalue weighted by Crippen LogP contribution is 2.32. The van der Waals surface area contributed by atoms with Gasteiger partial charge in [-0.15, -0.1) is 0 Å². The molecule has 0 spiro atoms. The lowest BCUT2D eigenvalue weighted by Gasteiger charge is -2.30. The molecule has 3 nitrogen and oxygen atoms in total. The fourth-order valence-electron chi connectivity index (χ4n) is 1.25. The minimum Gasteiger partial charge on any atom is -0.399 e. The van der Waals surface area contributed by atoms with Gasteiger partial charge in [-0.3, -0.25) is 4.79 Å². The molecule has 0 aliphatic carbocycles. The van der Waals surface area contributed by atoms with Gasteiger partial charge >= 0.3 is 0 Å². The number of carbonyl (C=O) groups is 1. The number of rotatable bonds is 1. The van der Waals surface area contributed by atoms with E-state index in [9.17, 15) is 4.79 Å². The van der Waals surface area contributed by atoms with Gasteiger partial charge in [-0.05, 0) is 17.7 Å². The van der Waals surface area contributed by atoms with E-state index in [-0.39, 0.29) is 0 Å². The van der Waals surface area contributed by atoms with Crippen molar-refractivity contribution in [3.63, 3.8) is 0 Å². The molecule has 56 valence electrons. The number of nitrogens with zero attached hydrogens (tertiary/aromatic N) is 1. The molecule has 2 N–H and O–H groups in total. The average molecular weight is 148 g/mol. The Labute approximate surface area is 64.4 Å². The minimum atomic E-state index is 0.704. The molecule has 3 heteroatoms. The summed E-state index contributed by atoms with van der Waals surface area (Å²) in [6.07, 6.45) is 0.821. The Kier molecular flexibility index (Phi) is 1.12. The van der Waals surface area contributed by atoms with Crippen molar-refractivity contribution >= 4 is 17.8 Å². The Balaban J connectivity index is 2.44. The maximum absolute atomic E-state index is 10.3. The highest BCUT2D eigenvalue weighted by molar-refractivity contribution is 5.84. The van der Waals surface area contributed by atoms with E-state index in [0.717, 1.165) is 18.6 Å². The lowest BCUT2D eigenvalue weighted by molar-refractivity contribution is -0.107. The maximum Gasteiger partial charge on any atom is 0.214 e. The van der Waals surface area contributed by atoms with Gasteiger partial charge in [-0.2, -0.15) is 0 Å². The van der Waals surface area contributed by atoms with Crippen molar-refractivity contribution in [1.29, 1.82) is 0 Å². The first-order valence-corrected chi connectivity index (χ1v) is 3.41. The monoisotopic (exact) mass is 148 g/mol. The molecule has 0 saturated carbocycles. The summed E-state index contributed by atoms with van der Waals surface area (Å²) in [5.41, 5.74) is 8.37. The van der Waals surface area contributed by atoms with Crippen LogP contribution in [-0.4, -0.2) is 6.41 Å². The molecule has 0 radical (unpaired) electrons. The van der Waals surface area contributed by atoms with Crippen LogP contribution in [0.1, 0.15) is 5.56 Å². The van der Waals surface area contributed by atoms with Crippen LogP contribution in [0.25, 0.3) is 0 Å². The maximum atomic E-state index is 10.3. The van der Waals surface area contributed by atoms with E-state index >= 15 is 0 Å². The molecule has 0 fully saturated rings. The van der Waals surface area contributed by atoms with Crippen LogP contribution in [0.5, 0.6) is 0 Å². The summed E-state index contributed by atoms with van der Waals surface area (Å²) < 4.78 is 0. The van der Waals surface area contributed by atoms with Gasteiger partial charge in [0.15, 0.2) is 0 Å². The standard InChI is InChI=1S/C8H8N2O/c9-7-2-1-6-4-10(5-11)8(6)3-7/h1-3,5H,4,9H2. The first-order chi connectivity index (χ1) is 5.31. The number of hydrogen-bond donors (Lipinski definition) is 1. The molecule has 1 heterocycles. The van der Waals surface area contributed by atoms with Gasteiger partial charge in [0.25, 0.3) is 0 Å². The largest absolute Gasteiger partial charge is 0.399 e. The second-order valence-electron chi connectivity index (χ2n) is 2.62. The van der Waals surface area contributed by atoms with Gasteiger partial charge in [-0.1, -0.05) is 6.07 Å². The molecule has 1 aromatic carbocycles. The van der Waals surface area contributed by atoms with E-state index in [1.807, 2.05) is 18.2 Å². The van der Waals surface area contributed by atoms with Gasteiger partial charge in [0, 0.05) is 5.69 Å². The number of anilines is 2. The van der Waals surface area contributed by atoms with Crippen LogP contribution < -0.4 is 10.6 Å². The molecule has 1 amide bonds. The molecular weight excluding hydrogens is 140 g/mol. The SMILES string of the molecule is Nc1ccc2c(c1)N(C=O)C2. The number of carbonyl (C=O) groups excluding carboxylic acids is 1. The van der Waals surface area contributed by atoms with E-state index in [2.05, 4.69) is 0 Å². The number of fused-ring (bicyclic) bond motifs is 1. The second kappa shape index (κ2) is 1.99. The predicted octanol–water partition coefficient (Wildman–Crippen LogP) is 0.745. The fourth-order valence-corrected chi connectivity index (χ4v) is 1.25. The molecule has 1 aromatic rings. The van der Waals surface area contributed by atoms with Crippen LogP contribution in [-0.2, 0) is 11.3 Å². The van der Waals surface area contributed by atoms with Gasteiger partial charge < -0.3 is 10.6 Å². The third-order valence-corrected chi connectivity index (χ3v) is 1.89. The summed E-state index contributed by atoms with van der Waals surface area (Å²) in [6, 6.07) is 5.61. The van der Waals surface area contributed by atoms with E-state index < -0.39 is 0 Å². The van der Waals surface area contributed by atoms with Crippen LogP contribution in [0.4, 0.5) is 11.4 Å². The van der Waals surface area contributed by atoms with Crippen molar-refractivity contribution in [1.82, 2.24) is 0 Å². The predicted molar refractivity (Wildman–Crippen MR) is 43.1 cm³/mol. The van der Waals surface area contributed by atoms with E-state index in [1.165, 1.54) is 5.56 Å². The quantitative estimate of drug-likeness (QED) is 0.471. The molecule has 2 rings (SSSR count). The van der Waals surface area contributed by atoms with Crippen LogP contribution in [0.2, 0.25) is 0 Å². The first-order valence-electron chi connectivity index (χ1n) is 3.41. The van der Waals surface area contributed by atoms with Crippen molar-refractivity contribution in [3.05, 3.63) is 23.8 Å². The van der Waals surface area contributed by atoms with Crippen molar-refractivity contribution < 1.29 is 4.79 Å². The van der Waals surface area contributed by atoms with Crippen LogP contribution in [0.3, 0.4) is 0 Å². The first kappa shape index (κ1) is 6.22. The summed E-state index contributed by atoms with van der Waals surface area (Å²) in [6.45, 7) is 0.721. The molecule has 0 aromatic heterocycles. The Morgan fingerprint density at radius 3 is 3.09 bits per heavy atom. The summed E-state index contributed by atoms with van der Waals surface area (Å²) >= 11 is 0. The third-order valence-electron chi connectivity index (χ3n) is 1.89. The third kappa shape index (κ3) is 0.774. The van der Waals surface area contributed by atoms with Gasteiger partial charge in [0.1, 0.15) is 0 Å². The highest BCUT2D eigenvalue weighted by Gasteiger charge is 2.20. The zero-order valence-electron chi connectivity index (χ0n) is 5.95. The normalized spacial score (nSPS) is 13.6. The molecule has 0 atom stereocenters. The highest BCUT2D eigenvalue weighted by atomic mass is 16.1.